The molecule has 0 unspecified atom stereocenters. The number of aromatic nitrogens is 1. The Morgan fingerprint density at radius 1 is 0.672 bits per heavy atom. The Morgan fingerprint density at radius 2 is 1.34 bits per heavy atom. The number of para-hydroxylation sites is 1. The van der Waals surface area contributed by atoms with Gasteiger partial charge < -0.3 is 52.8 Å². The number of guanidine groups is 1. The molecule has 4 aliphatic heterocycles. The number of carbonyl (C=O) groups excluding carboxylic acids is 6. The third kappa shape index (κ3) is 9.58. The molecule has 5 heterocycles. The molecule has 3 fully saturated rings. The van der Waals surface area contributed by atoms with Crippen LogP contribution < -0.4 is 33.2 Å². The van der Waals surface area contributed by atoms with E-state index in [2.05, 4.69) is 25.9 Å². The van der Waals surface area contributed by atoms with Crippen molar-refractivity contribution < 1.29 is 28.8 Å². The number of nitrogens with zero attached hydrogens (tertiary/aromatic N) is 4. The lowest BCUT2D eigenvalue weighted by molar-refractivity contribution is -0.156. The van der Waals surface area contributed by atoms with Crippen LogP contribution in [0, 0.1) is 0 Å². The zero-order chi connectivity index (χ0) is 44.9. The molecule has 0 radical (unpaired) electrons. The molecule has 3 saturated heterocycles. The van der Waals surface area contributed by atoms with Gasteiger partial charge in [-0.3, -0.25) is 33.8 Å². The average molecular weight is 872 g/mol. The van der Waals surface area contributed by atoms with E-state index in [1.54, 1.807) is 11.1 Å². The lowest BCUT2D eigenvalue weighted by Crippen LogP contribution is -2.64. The Bertz CT molecular complexity index is 2420. The minimum Gasteiger partial charge on any atom is -0.370 e. The topological polar surface area (TPSA) is 254 Å². The number of hydrogen-bond donors (Lipinski definition) is 7. The molecule has 0 aliphatic carbocycles. The predicted molar refractivity (Wildman–Crippen MR) is 240 cm³/mol. The summed E-state index contributed by atoms with van der Waals surface area (Å²) in [6, 6.07) is 17.3. The summed E-state index contributed by atoms with van der Waals surface area (Å²) >= 11 is 0. The number of benzene rings is 3. The van der Waals surface area contributed by atoms with Gasteiger partial charge in [0.2, 0.25) is 35.4 Å². The molecule has 7 atom stereocenters. The maximum atomic E-state index is 15.1. The summed E-state index contributed by atoms with van der Waals surface area (Å²) in [5.74, 6) is -3.24. The number of H-pyrrole nitrogens is 1. The van der Waals surface area contributed by atoms with Gasteiger partial charge >= 0.3 is 0 Å². The zero-order valence-electron chi connectivity index (χ0n) is 35.8. The normalized spacial score (nSPS) is 25.8. The summed E-state index contributed by atoms with van der Waals surface area (Å²) in [5, 5.41) is 9.72. The van der Waals surface area contributed by atoms with Crippen LogP contribution >= 0.6 is 0 Å². The smallest absolute Gasteiger partial charge is 0.246 e. The SMILES string of the molecule is NC(N)=NCCC[C@@H]1NC(=O)[C@H](Cc2c[nH]c3ccccc23)NC(=O)[C@@H](Cc2ccccc2)NC(=O)[C@@H]2CCCCN2C(=O)[C@@H]2Cc3ccccc3CN2C(=O)[C@H]2C[C@@H](N)CN2C1=O. The third-order valence-corrected chi connectivity index (χ3v) is 13.0. The highest BCUT2D eigenvalue weighted by Crippen LogP contribution is 2.31. The number of aliphatic imine (C=N–C) groups is 1. The molecule has 6 amide bonds. The number of piperidine rings is 1. The first-order chi connectivity index (χ1) is 30.9. The monoisotopic (exact) mass is 871 g/mol. The van der Waals surface area contributed by atoms with Gasteiger partial charge in [0.05, 0.1) is 0 Å². The van der Waals surface area contributed by atoms with Crippen LogP contribution in [0.2, 0.25) is 0 Å². The van der Waals surface area contributed by atoms with E-state index in [0.29, 0.717) is 19.3 Å². The van der Waals surface area contributed by atoms with Gasteiger partial charge in [-0.15, -0.1) is 0 Å². The third-order valence-electron chi connectivity index (χ3n) is 13.0. The van der Waals surface area contributed by atoms with Crippen molar-refractivity contribution in [3.8, 4) is 0 Å². The Morgan fingerprint density at radius 3 is 2.12 bits per heavy atom. The molecule has 1 aromatic heterocycles. The van der Waals surface area contributed by atoms with Crippen LogP contribution in [-0.4, -0.2) is 123 Å². The minimum atomic E-state index is -1.23. The predicted octanol–water partition coefficient (Wildman–Crippen LogP) is 0.738. The van der Waals surface area contributed by atoms with E-state index in [1.807, 2.05) is 78.9 Å². The quantitative estimate of drug-likeness (QED) is 0.0748. The summed E-state index contributed by atoms with van der Waals surface area (Å²) < 4.78 is 0. The maximum absolute atomic E-state index is 15.1. The molecule has 8 rings (SSSR count). The number of fused-ring (bicyclic) bond motifs is 5. The lowest BCUT2D eigenvalue weighted by Gasteiger charge is -2.43. The number of carbonyl (C=O) groups is 6. The molecule has 4 aliphatic rings. The van der Waals surface area contributed by atoms with Crippen molar-refractivity contribution in [2.75, 3.05) is 19.6 Å². The van der Waals surface area contributed by atoms with Crippen LogP contribution in [0.1, 0.15) is 60.8 Å². The fourth-order valence-electron chi connectivity index (χ4n) is 9.73. The minimum absolute atomic E-state index is 0.0287. The van der Waals surface area contributed by atoms with Crippen molar-refractivity contribution in [1.82, 2.24) is 35.6 Å². The summed E-state index contributed by atoms with van der Waals surface area (Å²) in [7, 11) is 0. The van der Waals surface area contributed by atoms with Gasteiger partial charge in [0, 0.05) is 68.6 Å². The zero-order valence-corrected chi connectivity index (χ0v) is 35.8. The van der Waals surface area contributed by atoms with Crippen molar-refractivity contribution in [3.63, 3.8) is 0 Å². The summed E-state index contributed by atoms with van der Waals surface area (Å²) in [6.07, 6.45) is 4.28. The fourth-order valence-corrected chi connectivity index (χ4v) is 9.73. The molecule has 0 saturated carbocycles. The molecule has 0 spiro atoms. The number of amides is 6. The van der Waals surface area contributed by atoms with Crippen molar-refractivity contribution in [2.45, 2.75) is 107 Å². The average Bonchev–Trinajstić information content (AvgIpc) is 3.91. The highest BCUT2D eigenvalue weighted by molar-refractivity contribution is 5.99. The van der Waals surface area contributed by atoms with E-state index in [1.165, 1.54) is 9.80 Å². The van der Waals surface area contributed by atoms with Crippen LogP contribution in [0.25, 0.3) is 10.9 Å². The van der Waals surface area contributed by atoms with Gasteiger partial charge in [-0.1, -0.05) is 72.8 Å². The highest BCUT2D eigenvalue weighted by atomic mass is 16.2. The number of aromatic amines is 1. The van der Waals surface area contributed by atoms with E-state index in [0.717, 1.165) is 33.2 Å². The largest absolute Gasteiger partial charge is 0.370 e. The molecule has 10 N–H and O–H groups in total. The Labute approximate surface area is 371 Å². The number of rotatable bonds is 8. The van der Waals surface area contributed by atoms with Crippen molar-refractivity contribution >= 4 is 52.3 Å². The van der Waals surface area contributed by atoms with Crippen molar-refractivity contribution in [2.24, 2.45) is 22.2 Å². The van der Waals surface area contributed by atoms with Gasteiger partial charge in [-0.25, -0.2) is 0 Å². The second kappa shape index (κ2) is 19.3. The van der Waals surface area contributed by atoms with Crippen LogP contribution in [0.5, 0.6) is 0 Å². The first-order valence-corrected chi connectivity index (χ1v) is 22.2. The first-order valence-electron chi connectivity index (χ1n) is 22.2. The first kappa shape index (κ1) is 43.9. The van der Waals surface area contributed by atoms with Crippen LogP contribution in [0.15, 0.2) is 90.1 Å². The molecule has 17 heteroatoms. The van der Waals surface area contributed by atoms with Crippen LogP contribution in [0.4, 0.5) is 0 Å². The molecule has 0 bridgehead atoms. The van der Waals surface area contributed by atoms with E-state index in [-0.39, 0.29) is 76.6 Å². The fraction of sp³-hybridized carbons (Fsp3) is 0.426. The Hall–Kier alpha value is -6.75. The van der Waals surface area contributed by atoms with E-state index in [4.69, 9.17) is 17.2 Å². The number of nitrogens with one attached hydrogen (secondary N) is 4. The standard InChI is InChI=1S/C47H57N11O6/c48-32-24-40-46(64)57-26-30-14-5-4-13-29(30)23-39(57)45(63)56-20-9-8-18-38(56)43(61)55-36(21-28-11-2-1-3-12-28)41(59)54-37(22-31-25-52-34-16-7-6-15-33(31)34)42(60)53-35(44(62)58(40)27-32)17-10-19-51-47(49)50/h1-7,11-16,25,32,35-40,52H,8-10,17-24,26-27,48H2,(H,53,60)(H,54,59)(H,55,61)(H4,49,50,51)/t32-,35+,36-,37+,38+,39+,40-/m1/s1. The second-order valence-corrected chi connectivity index (χ2v) is 17.4. The molecule has 4 aromatic rings. The molecule has 336 valence electrons. The molecular weight excluding hydrogens is 815 g/mol. The molecule has 3 aromatic carbocycles. The van der Waals surface area contributed by atoms with Crippen LogP contribution in [-0.2, 0) is 54.6 Å². The van der Waals surface area contributed by atoms with Crippen LogP contribution in [0.3, 0.4) is 0 Å². The molecular formula is C47H57N11O6. The molecule has 17 nitrogen and oxygen atoms in total. The maximum Gasteiger partial charge on any atom is 0.246 e. The summed E-state index contributed by atoms with van der Waals surface area (Å²) in [5.41, 5.74) is 21.9. The van der Waals surface area contributed by atoms with Gasteiger partial charge in [-0.05, 0) is 66.8 Å². The van der Waals surface area contributed by atoms with Crippen molar-refractivity contribution in [1.29, 1.82) is 0 Å². The van der Waals surface area contributed by atoms with Gasteiger partial charge in [0.1, 0.15) is 36.3 Å². The number of nitrogens with two attached hydrogens (primary N) is 3. The summed E-state index contributed by atoms with van der Waals surface area (Å²) in [4.78, 5) is 101. The van der Waals surface area contributed by atoms with E-state index >= 15 is 9.59 Å². The Kier molecular flexibility index (Phi) is 13.3. The van der Waals surface area contributed by atoms with Gasteiger partial charge in [-0.2, -0.15) is 0 Å². The lowest BCUT2D eigenvalue weighted by atomic mass is 9.90. The highest BCUT2D eigenvalue weighted by Gasteiger charge is 2.48. The van der Waals surface area contributed by atoms with Gasteiger partial charge in [0.25, 0.3) is 0 Å². The summed E-state index contributed by atoms with van der Waals surface area (Å²) in [6.45, 7) is 0.579. The van der Waals surface area contributed by atoms with E-state index in [9.17, 15) is 19.2 Å². The van der Waals surface area contributed by atoms with Crippen molar-refractivity contribution in [3.05, 3.63) is 107 Å². The second-order valence-electron chi connectivity index (χ2n) is 17.4. The molecule has 64 heavy (non-hydrogen) atoms. The van der Waals surface area contributed by atoms with Gasteiger partial charge in [0.15, 0.2) is 5.96 Å². The van der Waals surface area contributed by atoms with E-state index < -0.39 is 71.8 Å². The number of hydrogen-bond acceptors (Lipinski definition) is 8. The Balaban J connectivity index is 1.21.